The summed E-state index contributed by atoms with van der Waals surface area (Å²) < 4.78 is 5.70. The monoisotopic (exact) mass is 279 g/mol. The molecular formula is C15H25N3O2. The Bertz CT molecular complexity index is 404. The third-order valence-electron chi connectivity index (χ3n) is 2.98. The van der Waals surface area contributed by atoms with Crippen LogP contribution in [0.3, 0.4) is 0 Å². The number of ether oxygens (including phenoxy) is 1. The Kier molecular flexibility index (Phi) is 7.69. The van der Waals surface area contributed by atoms with Crippen molar-refractivity contribution in [3.8, 4) is 5.75 Å². The zero-order valence-corrected chi connectivity index (χ0v) is 12.4. The lowest BCUT2D eigenvalue weighted by Crippen LogP contribution is -2.30. The van der Waals surface area contributed by atoms with Crippen molar-refractivity contribution in [3.63, 3.8) is 0 Å². The first-order valence-corrected chi connectivity index (χ1v) is 7.17. The molecule has 1 aromatic carbocycles. The number of hydrogen-bond donors (Lipinski definition) is 2. The second-order valence-corrected chi connectivity index (χ2v) is 4.69. The van der Waals surface area contributed by atoms with E-state index in [0.29, 0.717) is 17.9 Å². The molecule has 112 valence electrons. The van der Waals surface area contributed by atoms with E-state index in [1.165, 1.54) is 0 Å². The summed E-state index contributed by atoms with van der Waals surface area (Å²) in [6.07, 6.45) is 2.29. The lowest BCUT2D eigenvalue weighted by Gasteiger charge is -2.20. The molecule has 0 aromatic heterocycles. The highest BCUT2D eigenvalue weighted by molar-refractivity contribution is 5.94. The first-order valence-electron chi connectivity index (χ1n) is 7.17. The summed E-state index contributed by atoms with van der Waals surface area (Å²) in [6, 6.07) is 7.04. The average molecular weight is 279 g/mol. The van der Waals surface area contributed by atoms with Gasteiger partial charge in [-0.15, -0.1) is 0 Å². The molecule has 3 N–H and O–H groups in total. The molecule has 0 bridgehead atoms. The van der Waals surface area contributed by atoms with Crippen LogP contribution in [0.25, 0.3) is 0 Å². The number of carbonyl (C=O) groups is 1. The van der Waals surface area contributed by atoms with Crippen molar-refractivity contribution >= 4 is 5.91 Å². The normalized spacial score (nSPS) is 10.6. The van der Waals surface area contributed by atoms with Crippen LogP contribution in [0, 0.1) is 0 Å². The predicted octanol–water partition coefficient (Wildman–Crippen LogP) is 1.79. The molecule has 20 heavy (non-hydrogen) atoms. The molecule has 0 atom stereocenters. The van der Waals surface area contributed by atoms with Crippen molar-refractivity contribution in [3.05, 3.63) is 29.8 Å². The Morgan fingerprint density at radius 1 is 1.25 bits per heavy atom. The number of nitrogens with zero attached hydrogens (tertiary/aromatic N) is 1. The van der Waals surface area contributed by atoms with Crippen LogP contribution in [-0.4, -0.2) is 37.0 Å². The van der Waals surface area contributed by atoms with Crippen molar-refractivity contribution in [1.82, 2.24) is 10.3 Å². The van der Waals surface area contributed by atoms with Crippen LogP contribution < -0.4 is 16.0 Å². The fourth-order valence-electron chi connectivity index (χ4n) is 2.07. The van der Waals surface area contributed by atoms with Crippen LogP contribution in [-0.2, 0) is 0 Å². The number of hydrazine groups is 1. The fourth-order valence-corrected chi connectivity index (χ4v) is 2.07. The number of carbonyl (C=O) groups excluding carboxylic acids is 1. The Morgan fingerprint density at radius 2 is 1.95 bits per heavy atom. The van der Waals surface area contributed by atoms with Gasteiger partial charge in [0.2, 0.25) is 0 Å². The lowest BCUT2D eigenvalue weighted by atomic mass is 10.2. The molecule has 0 fully saturated rings. The number of hydrogen-bond acceptors (Lipinski definition) is 4. The molecular weight excluding hydrogens is 254 g/mol. The van der Waals surface area contributed by atoms with E-state index in [0.717, 1.165) is 32.5 Å². The van der Waals surface area contributed by atoms with Gasteiger partial charge in [-0.1, -0.05) is 19.9 Å². The molecule has 0 aliphatic carbocycles. The van der Waals surface area contributed by atoms with E-state index in [1.54, 1.807) is 18.2 Å². The molecule has 0 radical (unpaired) electrons. The van der Waals surface area contributed by atoms with Crippen LogP contribution in [0.15, 0.2) is 24.3 Å². The zero-order valence-electron chi connectivity index (χ0n) is 12.4. The number of rotatable bonds is 9. The minimum atomic E-state index is -0.311. The van der Waals surface area contributed by atoms with Crippen LogP contribution in [0.2, 0.25) is 0 Å². The van der Waals surface area contributed by atoms with Crippen LogP contribution in [0.5, 0.6) is 5.75 Å². The third kappa shape index (κ3) is 5.59. The Hall–Kier alpha value is -1.59. The Balaban J connectivity index is 2.46. The summed E-state index contributed by atoms with van der Waals surface area (Å²) in [5, 5.41) is 0. The molecule has 0 aliphatic heterocycles. The summed E-state index contributed by atoms with van der Waals surface area (Å²) in [7, 11) is 0. The van der Waals surface area contributed by atoms with Gasteiger partial charge in [-0.25, -0.2) is 5.84 Å². The van der Waals surface area contributed by atoms with Gasteiger partial charge in [0, 0.05) is 12.1 Å². The van der Waals surface area contributed by atoms with Gasteiger partial charge in [-0.2, -0.15) is 0 Å². The average Bonchev–Trinajstić information content (AvgIpc) is 2.47. The van der Waals surface area contributed by atoms with Crippen LogP contribution >= 0.6 is 0 Å². The van der Waals surface area contributed by atoms with Gasteiger partial charge in [-0.3, -0.25) is 15.1 Å². The number of amides is 1. The van der Waals surface area contributed by atoms with Crippen molar-refractivity contribution < 1.29 is 9.53 Å². The van der Waals surface area contributed by atoms with E-state index in [-0.39, 0.29) is 5.91 Å². The van der Waals surface area contributed by atoms with Crippen molar-refractivity contribution in [1.29, 1.82) is 0 Å². The van der Waals surface area contributed by atoms with Gasteiger partial charge in [0.05, 0.1) is 0 Å². The molecule has 1 aromatic rings. The molecule has 0 heterocycles. The van der Waals surface area contributed by atoms with E-state index >= 15 is 0 Å². The topological polar surface area (TPSA) is 67.6 Å². The number of nitrogens with two attached hydrogens (primary N) is 1. The Labute approximate surface area is 121 Å². The van der Waals surface area contributed by atoms with Gasteiger partial charge in [0.15, 0.2) is 0 Å². The molecule has 5 nitrogen and oxygen atoms in total. The second kappa shape index (κ2) is 9.34. The molecule has 5 heteroatoms. The summed E-state index contributed by atoms with van der Waals surface area (Å²) in [5.74, 6) is 5.50. The molecule has 0 saturated carbocycles. The maximum absolute atomic E-state index is 11.4. The van der Waals surface area contributed by atoms with Crippen molar-refractivity contribution in [2.75, 3.05) is 26.2 Å². The standard InChI is InChI=1S/C15H25N3O2/c1-3-8-18(9-4-2)10-11-20-14-7-5-6-13(12-14)15(19)17-16/h5-7,12H,3-4,8-11,16H2,1-2H3,(H,17,19). The number of benzene rings is 1. The highest BCUT2D eigenvalue weighted by Crippen LogP contribution is 2.13. The first-order chi connectivity index (χ1) is 9.71. The predicted molar refractivity (Wildman–Crippen MR) is 80.6 cm³/mol. The SMILES string of the molecule is CCCN(CCC)CCOc1cccc(C(=O)NN)c1. The fraction of sp³-hybridized carbons (Fsp3) is 0.533. The maximum atomic E-state index is 11.4. The molecule has 0 unspecified atom stereocenters. The van der Waals surface area contributed by atoms with Gasteiger partial charge >= 0.3 is 0 Å². The number of nitrogen functional groups attached to an aromatic ring is 1. The van der Waals surface area contributed by atoms with Crippen molar-refractivity contribution in [2.45, 2.75) is 26.7 Å². The van der Waals surface area contributed by atoms with Gasteiger partial charge in [0.1, 0.15) is 12.4 Å². The summed E-state index contributed by atoms with van der Waals surface area (Å²) >= 11 is 0. The van der Waals surface area contributed by atoms with Gasteiger partial charge in [-0.05, 0) is 44.1 Å². The second-order valence-electron chi connectivity index (χ2n) is 4.69. The molecule has 0 spiro atoms. The molecule has 0 saturated heterocycles. The maximum Gasteiger partial charge on any atom is 0.265 e. The van der Waals surface area contributed by atoms with E-state index in [2.05, 4.69) is 24.2 Å². The zero-order chi connectivity index (χ0) is 14.8. The lowest BCUT2D eigenvalue weighted by molar-refractivity contribution is 0.0953. The van der Waals surface area contributed by atoms with E-state index in [9.17, 15) is 4.79 Å². The first kappa shape index (κ1) is 16.5. The quantitative estimate of drug-likeness (QED) is 0.411. The van der Waals surface area contributed by atoms with E-state index in [4.69, 9.17) is 10.6 Å². The van der Waals surface area contributed by atoms with Gasteiger partial charge in [0.25, 0.3) is 5.91 Å². The van der Waals surface area contributed by atoms with Gasteiger partial charge < -0.3 is 4.74 Å². The largest absolute Gasteiger partial charge is 0.492 e. The summed E-state index contributed by atoms with van der Waals surface area (Å²) in [4.78, 5) is 13.8. The summed E-state index contributed by atoms with van der Waals surface area (Å²) in [5.41, 5.74) is 2.62. The van der Waals surface area contributed by atoms with E-state index < -0.39 is 0 Å². The molecule has 1 rings (SSSR count). The van der Waals surface area contributed by atoms with E-state index in [1.807, 2.05) is 6.07 Å². The minimum absolute atomic E-state index is 0.311. The highest BCUT2D eigenvalue weighted by atomic mass is 16.5. The van der Waals surface area contributed by atoms with Crippen LogP contribution in [0.4, 0.5) is 0 Å². The third-order valence-corrected chi connectivity index (χ3v) is 2.98. The van der Waals surface area contributed by atoms with Crippen LogP contribution in [0.1, 0.15) is 37.0 Å². The minimum Gasteiger partial charge on any atom is -0.492 e. The molecule has 0 aliphatic rings. The summed E-state index contributed by atoms with van der Waals surface area (Å²) in [6.45, 7) is 8.05. The molecule has 1 amide bonds. The smallest absolute Gasteiger partial charge is 0.265 e. The van der Waals surface area contributed by atoms with Crippen molar-refractivity contribution in [2.24, 2.45) is 5.84 Å². The Morgan fingerprint density at radius 3 is 2.55 bits per heavy atom. The number of nitrogens with one attached hydrogen (secondary N) is 1. The highest BCUT2D eigenvalue weighted by Gasteiger charge is 2.06.